The molecule has 0 bridgehead atoms. The molecule has 3 aromatic rings. The highest BCUT2D eigenvalue weighted by molar-refractivity contribution is 6.29. The number of hydrogen-bond acceptors (Lipinski definition) is 6. The van der Waals surface area contributed by atoms with Crippen molar-refractivity contribution in [3.8, 4) is 11.5 Å². The molecule has 2 aromatic carbocycles. The second kappa shape index (κ2) is 6.84. The fourth-order valence-electron chi connectivity index (χ4n) is 3.83. The van der Waals surface area contributed by atoms with E-state index in [-0.39, 0.29) is 5.78 Å². The number of nitrogens with zero attached hydrogens (tertiary/aromatic N) is 2. The average molecular weight is 392 g/mol. The molecule has 0 saturated carbocycles. The molecular formula is C22H24N4O3. The zero-order chi connectivity index (χ0) is 20.8. The van der Waals surface area contributed by atoms with Gasteiger partial charge < -0.3 is 25.1 Å². The number of hydrogen-bond donors (Lipinski definition) is 2. The summed E-state index contributed by atoms with van der Waals surface area (Å²) in [7, 11) is 3.18. The number of para-hydroxylation sites is 2. The Balaban J connectivity index is 1.91. The number of carbonyl (C=O) groups is 1. The Hall–Kier alpha value is -3.48. The molecule has 0 radical (unpaired) electrons. The van der Waals surface area contributed by atoms with Crippen LogP contribution in [0.2, 0.25) is 0 Å². The number of ketones is 1. The lowest BCUT2D eigenvalue weighted by molar-refractivity contribution is -0.117. The van der Waals surface area contributed by atoms with Crippen LogP contribution < -0.4 is 20.1 Å². The molecule has 0 unspecified atom stereocenters. The Morgan fingerprint density at radius 3 is 2.38 bits per heavy atom. The van der Waals surface area contributed by atoms with Gasteiger partial charge in [-0.25, -0.2) is 4.98 Å². The van der Waals surface area contributed by atoms with E-state index in [9.17, 15) is 4.79 Å². The van der Waals surface area contributed by atoms with Crippen molar-refractivity contribution in [2.24, 2.45) is 5.73 Å². The van der Waals surface area contributed by atoms with Gasteiger partial charge in [0.15, 0.2) is 5.78 Å². The molecule has 0 spiro atoms. The number of methoxy groups -OCH3 is 2. The van der Waals surface area contributed by atoms with Crippen molar-refractivity contribution in [1.82, 2.24) is 9.97 Å². The largest absolute Gasteiger partial charge is 0.497 e. The highest BCUT2D eigenvalue weighted by Crippen LogP contribution is 2.43. The molecule has 3 N–H and O–H groups in total. The molecule has 4 rings (SSSR count). The fraction of sp³-hybridized carbons (Fsp3) is 0.273. The van der Waals surface area contributed by atoms with Crippen molar-refractivity contribution in [3.63, 3.8) is 0 Å². The predicted molar refractivity (Wildman–Crippen MR) is 113 cm³/mol. The Morgan fingerprint density at radius 2 is 1.79 bits per heavy atom. The zero-order valence-corrected chi connectivity index (χ0v) is 16.9. The van der Waals surface area contributed by atoms with Gasteiger partial charge in [0, 0.05) is 18.2 Å². The molecule has 0 aliphatic carbocycles. The van der Waals surface area contributed by atoms with Crippen LogP contribution in [-0.2, 0) is 4.79 Å². The number of H-pyrrole nitrogens is 1. The monoisotopic (exact) mass is 392 g/mol. The number of carbonyl (C=O) groups excluding carboxylic acids is 1. The molecule has 1 aliphatic heterocycles. The van der Waals surface area contributed by atoms with Gasteiger partial charge in [0.1, 0.15) is 34.3 Å². The lowest BCUT2D eigenvalue weighted by Gasteiger charge is -2.35. The van der Waals surface area contributed by atoms with Gasteiger partial charge in [-0.2, -0.15) is 0 Å². The third-order valence-corrected chi connectivity index (χ3v) is 5.62. The Bertz CT molecular complexity index is 1080. The average Bonchev–Trinajstić information content (AvgIpc) is 3.24. The summed E-state index contributed by atoms with van der Waals surface area (Å²) in [5, 5.41) is 0. The third kappa shape index (κ3) is 2.81. The van der Waals surface area contributed by atoms with Gasteiger partial charge in [-0.15, -0.1) is 0 Å². The molecule has 0 fully saturated rings. The lowest BCUT2D eigenvalue weighted by atomic mass is 9.90. The number of ether oxygens (including phenoxy) is 2. The highest BCUT2D eigenvalue weighted by atomic mass is 16.5. The van der Waals surface area contributed by atoms with Crippen LogP contribution in [0.5, 0.6) is 11.5 Å². The van der Waals surface area contributed by atoms with Crippen molar-refractivity contribution in [3.05, 3.63) is 54.1 Å². The first-order chi connectivity index (χ1) is 13.9. The SMILES string of the molecule is CC[C@]1(C)C(=O)C(c2nc3ccccc3[nH]2)=C(N)N1c1cc(OC)cc(OC)c1. The van der Waals surface area contributed by atoms with E-state index in [1.807, 2.05) is 55.1 Å². The minimum Gasteiger partial charge on any atom is -0.497 e. The van der Waals surface area contributed by atoms with Gasteiger partial charge in [0.05, 0.1) is 30.9 Å². The summed E-state index contributed by atoms with van der Waals surface area (Å²) in [6.45, 7) is 3.86. The molecule has 7 heteroatoms. The van der Waals surface area contributed by atoms with Crippen molar-refractivity contribution < 1.29 is 14.3 Å². The van der Waals surface area contributed by atoms with E-state index in [0.29, 0.717) is 35.1 Å². The van der Waals surface area contributed by atoms with Crippen LogP contribution in [0.3, 0.4) is 0 Å². The first-order valence-electron chi connectivity index (χ1n) is 9.46. The van der Waals surface area contributed by atoms with Crippen LogP contribution in [0.1, 0.15) is 26.1 Å². The number of fused-ring (bicyclic) bond motifs is 1. The fourth-order valence-corrected chi connectivity index (χ4v) is 3.83. The second-order valence-electron chi connectivity index (χ2n) is 7.23. The molecular weight excluding hydrogens is 368 g/mol. The van der Waals surface area contributed by atoms with E-state index in [1.54, 1.807) is 20.3 Å². The highest BCUT2D eigenvalue weighted by Gasteiger charge is 2.49. The summed E-state index contributed by atoms with van der Waals surface area (Å²) in [6, 6.07) is 13.1. The van der Waals surface area contributed by atoms with E-state index in [0.717, 1.165) is 16.7 Å². The zero-order valence-electron chi connectivity index (χ0n) is 16.9. The quantitative estimate of drug-likeness (QED) is 0.691. The number of anilines is 1. The maximum absolute atomic E-state index is 13.5. The van der Waals surface area contributed by atoms with E-state index < -0.39 is 5.54 Å². The van der Waals surface area contributed by atoms with Crippen LogP contribution in [0.25, 0.3) is 16.6 Å². The minimum atomic E-state index is -0.851. The van der Waals surface area contributed by atoms with Gasteiger partial charge in [-0.3, -0.25) is 4.79 Å². The van der Waals surface area contributed by atoms with E-state index >= 15 is 0 Å². The maximum Gasteiger partial charge on any atom is 0.195 e. The molecule has 0 saturated heterocycles. The van der Waals surface area contributed by atoms with Gasteiger partial charge >= 0.3 is 0 Å². The number of aromatic amines is 1. The first kappa shape index (κ1) is 18.9. The van der Waals surface area contributed by atoms with Crippen molar-refractivity contribution in [1.29, 1.82) is 0 Å². The number of nitrogens with two attached hydrogens (primary N) is 1. The molecule has 7 nitrogen and oxygen atoms in total. The number of aromatic nitrogens is 2. The van der Waals surface area contributed by atoms with Crippen LogP contribution in [0.4, 0.5) is 5.69 Å². The Morgan fingerprint density at radius 1 is 1.14 bits per heavy atom. The number of benzene rings is 2. The Labute approximate surface area is 169 Å². The second-order valence-corrected chi connectivity index (χ2v) is 7.23. The number of imidazole rings is 1. The summed E-state index contributed by atoms with van der Waals surface area (Å²) in [6.07, 6.45) is 0.565. The molecule has 0 amide bonds. The van der Waals surface area contributed by atoms with Crippen molar-refractivity contribution in [2.75, 3.05) is 19.1 Å². The topological polar surface area (TPSA) is 93.5 Å². The van der Waals surface area contributed by atoms with E-state index in [2.05, 4.69) is 9.97 Å². The molecule has 2 heterocycles. The summed E-state index contributed by atoms with van der Waals surface area (Å²) in [5.41, 5.74) is 8.49. The summed E-state index contributed by atoms with van der Waals surface area (Å²) in [4.78, 5) is 23.2. The Kier molecular flexibility index (Phi) is 4.45. The van der Waals surface area contributed by atoms with Crippen molar-refractivity contribution >= 4 is 28.1 Å². The minimum absolute atomic E-state index is 0.0710. The van der Waals surface area contributed by atoms with Gasteiger partial charge in [-0.05, 0) is 25.5 Å². The molecule has 29 heavy (non-hydrogen) atoms. The van der Waals surface area contributed by atoms with E-state index in [1.165, 1.54) is 0 Å². The molecule has 1 atom stereocenters. The maximum atomic E-state index is 13.5. The van der Waals surface area contributed by atoms with Crippen molar-refractivity contribution in [2.45, 2.75) is 25.8 Å². The van der Waals surface area contributed by atoms with Crippen LogP contribution >= 0.6 is 0 Å². The third-order valence-electron chi connectivity index (χ3n) is 5.62. The van der Waals surface area contributed by atoms with Crippen LogP contribution in [0.15, 0.2) is 48.3 Å². The van der Waals surface area contributed by atoms with Gasteiger partial charge in [-0.1, -0.05) is 19.1 Å². The summed E-state index contributed by atoms with van der Waals surface area (Å²) >= 11 is 0. The first-order valence-corrected chi connectivity index (χ1v) is 9.46. The molecule has 1 aromatic heterocycles. The normalized spacial score (nSPS) is 19.3. The van der Waals surface area contributed by atoms with Crippen LogP contribution in [0, 0.1) is 0 Å². The predicted octanol–water partition coefficient (Wildman–Crippen LogP) is 3.47. The standard InChI is InChI=1S/C22H24N4O3/c1-5-22(2)19(27)18(21-24-16-8-6-7-9-17(16)25-21)20(23)26(22)13-10-14(28-3)12-15(11-13)29-4/h6-12H,5,23H2,1-4H3,(H,24,25)/t22-/m1/s1. The summed E-state index contributed by atoms with van der Waals surface area (Å²) in [5.74, 6) is 2.00. The number of Topliss-reactive ketones (excluding diaryl/α,β-unsaturated/α-hetero) is 1. The number of rotatable bonds is 5. The van der Waals surface area contributed by atoms with E-state index in [4.69, 9.17) is 15.2 Å². The van der Waals surface area contributed by atoms with Gasteiger partial charge in [0.2, 0.25) is 0 Å². The summed E-state index contributed by atoms with van der Waals surface area (Å²) < 4.78 is 10.8. The molecule has 150 valence electrons. The molecule has 1 aliphatic rings. The van der Waals surface area contributed by atoms with Crippen LogP contribution in [-0.4, -0.2) is 35.5 Å². The van der Waals surface area contributed by atoms with Gasteiger partial charge in [0.25, 0.3) is 0 Å². The lowest BCUT2D eigenvalue weighted by Crippen LogP contribution is -2.47. The smallest absolute Gasteiger partial charge is 0.195 e. The number of nitrogens with one attached hydrogen (secondary N) is 1.